The molecule has 0 aliphatic heterocycles. The van der Waals surface area contributed by atoms with Gasteiger partial charge in [0.15, 0.2) is 11.5 Å². The Hall–Kier alpha value is -6.06. The lowest BCUT2D eigenvalue weighted by atomic mass is 9.73. The third-order valence-electron chi connectivity index (χ3n) is 19.6. The zero-order chi connectivity index (χ0) is 54.7. The lowest BCUT2D eigenvalue weighted by Crippen LogP contribution is -2.09. The van der Waals surface area contributed by atoms with E-state index in [0.29, 0.717) is 19.8 Å². The third-order valence-corrected chi connectivity index (χ3v) is 19.6. The smallest absolute Gasteiger partial charge is 0.204 e. The van der Waals surface area contributed by atoms with Crippen LogP contribution in [-0.4, -0.2) is 19.8 Å². The number of unbranched alkanes of at least 4 members (excludes halogenated alkanes) is 27. The van der Waals surface area contributed by atoms with Crippen molar-refractivity contribution in [2.45, 2.75) is 213 Å². The van der Waals surface area contributed by atoms with Crippen molar-refractivity contribution >= 4 is 129 Å². The second-order valence-electron chi connectivity index (χ2n) is 25.1. The van der Waals surface area contributed by atoms with E-state index in [1.807, 2.05) is 0 Å². The summed E-state index contributed by atoms with van der Waals surface area (Å²) in [6.07, 6.45) is 38.7. The number of hydrogen-bond acceptors (Lipinski definition) is 3. The maximum atomic E-state index is 7.57. The molecule has 0 aliphatic carbocycles. The van der Waals surface area contributed by atoms with E-state index in [-0.39, 0.29) is 0 Å². The quantitative estimate of drug-likeness (QED) is 0.0223. The lowest BCUT2D eigenvalue weighted by Gasteiger charge is -2.30. The van der Waals surface area contributed by atoms with Gasteiger partial charge in [0.25, 0.3) is 0 Å². The van der Waals surface area contributed by atoms with Gasteiger partial charge < -0.3 is 14.2 Å². The van der Waals surface area contributed by atoms with E-state index in [1.54, 1.807) is 0 Å². The van der Waals surface area contributed by atoms with E-state index in [4.69, 9.17) is 14.2 Å². The number of benzene rings is 13. The van der Waals surface area contributed by atoms with Crippen LogP contribution in [0.15, 0.2) is 91.0 Å². The molecule has 0 heterocycles. The molecular weight excluding hydrogens is 985 g/mol. The molecule has 13 aromatic carbocycles. The number of fused-ring (bicyclic) bond motifs is 6. The lowest BCUT2D eigenvalue weighted by molar-refractivity contribution is 0.238. The van der Waals surface area contributed by atoms with E-state index >= 15 is 0 Å². The fourth-order valence-electron chi connectivity index (χ4n) is 15.7. The molecule has 13 aromatic rings. The molecule has 0 N–H and O–H groups in total. The largest absolute Gasteiger partial charge is 0.489 e. The van der Waals surface area contributed by atoms with Crippen LogP contribution in [0.4, 0.5) is 0 Å². The zero-order valence-corrected chi connectivity index (χ0v) is 49.7. The summed E-state index contributed by atoms with van der Waals surface area (Å²) < 4.78 is 22.6. The molecule has 0 aromatic heterocycles. The van der Waals surface area contributed by atoms with Crippen LogP contribution in [0.3, 0.4) is 0 Å². The van der Waals surface area contributed by atoms with Gasteiger partial charge in [0.1, 0.15) is 0 Å². The topological polar surface area (TPSA) is 27.7 Å². The predicted molar refractivity (Wildman–Crippen MR) is 356 cm³/mol. The molecule has 0 amide bonds. The first kappa shape index (κ1) is 54.2. The minimum absolute atomic E-state index is 0.644. The summed E-state index contributed by atoms with van der Waals surface area (Å²) in [6.45, 7) is 8.89. The maximum Gasteiger partial charge on any atom is 0.204 e. The van der Waals surface area contributed by atoms with Crippen molar-refractivity contribution < 1.29 is 14.2 Å². The summed E-state index contributed by atoms with van der Waals surface area (Å²) in [4.78, 5) is 0. The van der Waals surface area contributed by atoms with Crippen LogP contribution in [0.1, 0.15) is 213 Å². The maximum absolute atomic E-state index is 7.57. The molecular formula is C78H90O3. The van der Waals surface area contributed by atoms with Gasteiger partial charge >= 0.3 is 0 Å². The Morgan fingerprint density at radius 2 is 0.370 bits per heavy atom. The predicted octanol–water partition coefficient (Wildman–Crippen LogP) is 25.1. The van der Waals surface area contributed by atoms with Crippen molar-refractivity contribution in [2.75, 3.05) is 19.8 Å². The van der Waals surface area contributed by atoms with Crippen molar-refractivity contribution in [2.24, 2.45) is 0 Å². The molecule has 3 nitrogen and oxygen atoms in total. The molecule has 0 atom stereocenters. The number of rotatable bonds is 36. The van der Waals surface area contributed by atoms with E-state index in [0.717, 1.165) is 36.5 Å². The Kier molecular flexibility index (Phi) is 16.6. The van der Waals surface area contributed by atoms with Crippen LogP contribution in [0, 0.1) is 0 Å². The number of hydrogen-bond donors (Lipinski definition) is 0. The van der Waals surface area contributed by atoms with E-state index in [9.17, 15) is 0 Å². The third kappa shape index (κ3) is 9.67. The van der Waals surface area contributed by atoms with Gasteiger partial charge in [-0.3, -0.25) is 0 Å². The molecule has 0 bridgehead atoms. The summed E-state index contributed by atoms with van der Waals surface area (Å²) in [5.41, 5.74) is 0. The van der Waals surface area contributed by atoms with Gasteiger partial charge in [0.05, 0.1) is 19.8 Å². The second kappa shape index (κ2) is 24.8. The second-order valence-corrected chi connectivity index (χ2v) is 25.1. The molecule has 0 saturated carbocycles. The molecule has 0 radical (unpaired) electrons. The first-order valence-corrected chi connectivity index (χ1v) is 33.3. The Bertz CT molecular complexity index is 3880. The Morgan fingerprint density at radius 3 is 0.630 bits per heavy atom. The zero-order valence-electron chi connectivity index (χ0n) is 49.7. The molecule has 13 rings (SSSR count). The first-order chi connectivity index (χ1) is 40.3. The highest BCUT2D eigenvalue weighted by Gasteiger charge is 2.35. The van der Waals surface area contributed by atoms with Crippen molar-refractivity contribution in [1.29, 1.82) is 0 Å². The molecule has 0 saturated heterocycles. The van der Waals surface area contributed by atoms with Gasteiger partial charge in [-0.15, -0.1) is 0 Å². The van der Waals surface area contributed by atoms with Crippen molar-refractivity contribution in [3.63, 3.8) is 0 Å². The SMILES string of the molecule is CCCCCCCCCCCCOc1c(OCCCCCCCCCCCC)c2c3cccc4c5cccc6c7cccc8c9cccc%10c%11cccc%12c(c1OCCCCCCCCCCCC)c2c1c(c43)c(c65)c(c78)c(c9%10)c1c%11%12. The van der Waals surface area contributed by atoms with Crippen LogP contribution in [0.2, 0.25) is 0 Å². The van der Waals surface area contributed by atoms with Crippen LogP contribution in [-0.2, 0) is 0 Å². The molecule has 3 heteroatoms. The summed E-state index contributed by atoms with van der Waals surface area (Å²) in [6, 6.07) is 35.7. The molecule has 0 unspecified atom stereocenters. The summed E-state index contributed by atoms with van der Waals surface area (Å²) >= 11 is 0. The van der Waals surface area contributed by atoms with Crippen LogP contribution in [0.25, 0.3) is 129 Å². The Morgan fingerprint density at radius 1 is 0.185 bits per heavy atom. The van der Waals surface area contributed by atoms with Crippen molar-refractivity contribution in [1.82, 2.24) is 0 Å². The van der Waals surface area contributed by atoms with Crippen molar-refractivity contribution in [3.05, 3.63) is 91.0 Å². The number of ether oxygens (including phenoxy) is 3. The van der Waals surface area contributed by atoms with Crippen LogP contribution in [0.5, 0.6) is 17.2 Å². The molecule has 0 fully saturated rings. The van der Waals surface area contributed by atoms with E-state index in [2.05, 4.69) is 112 Å². The first-order valence-electron chi connectivity index (χ1n) is 33.3. The van der Waals surface area contributed by atoms with Gasteiger partial charge in [-0.2, -0.15) is 0 Å². The minimum atomic E-state index is 0.644. The van der Waals surface area contributed by atoms with Gasteiger partial charge in [-0.25, -0.2) is 0 Å². The summed E-state index contributed by atoms with van der Waals surface area (Å²) in [5, 5.41) is 32.4. The normalized spacial score (nSPS) is 12.8. The fraction of sp³-hybridized carbons (Fsp3) is 0.462. The summed E-state index contributed by atoms with van der Waals surface area (Å²) in [7, 11) is 0. The monoisotopic (exact) mass is 1070 g/mol. The van der Waals surface area contributed by atoms with Crippen LogP contribution >= 0.6 is 0 Å². The molecule has 81 heavy (non-hydrogen) atoms. The summed E-state index contributed by atoms with van der Waals surface area (Å²) in [5.74, 6) is 2.63. The van der Waals surface area contributed by atoms with Gasteiger partial charge in [0, 0.05) is 21.5 Å². The average Bonchev–Trinajstić information content (AvgIpc) is 1.30. The highest BCUT2D eigenvalue weighted by molar-refractivity contribution is 6.61. The fourth-order valence-corrected chi connectivity index (χ4v) is 15.7. The standard InChI is InChI=1S/C78H90O3/c1-4-7-10-13-16-19-22-25-28-31-49-79-76-67-60-47-37-45-58-56-43-35-41-54-52-39-34-40-53-55-42-36-44-57-59-46-38-48-61-66(59)73-71(64(55)57)69(62(52)53)70(63(54)56)72(65(58)60)75(73)74(67)68(61)77(80-50-32-29-26-23-20-17-14-11-8-5-2)78(76)81-51-33-30-27-24-21-18-15-12-9-6-3/h34-48H,4-33,49-51H2,1-3H3. The highest BCUT2D eigenvalue weighted by Crippen LogP contribution is 2.63. The molecule has 420 valence electrons. The van der Waals surface area contributed by atoms with E-state index in [1.165, 1.54) is 303 Å². The van der Waals surface area contributed by atoms with Gasteiger partial charge in [-0.1, -0.05) is 285 Å². The van der Waals surface area contributed by atoms with Gasteiger partial charge in [-0.05, 0) is 127 Å². The van der Waals surface area contributed by atoms with E-state index < -0.39 is 0 Å². The molecule has 0 spiro atoms. The minimum Gasteiger partial charge on any atom is -0.489 e. The average molecular weight is 1080 g/mol. The Labute approximate surface area is 482 Å². The van der Waals surface area contributed by atoms with Crippen LogP contribution < -0.4 is 14.2 Å². The molecule has 0 aliphatic rings. The Balaban J connectivity index is 1.00. The highest BCUT2D eigenvalue weighted by atomic mass is 16.5. The van der Waals surface area contributed by atoms with Gasteiger partial charge in [0.2, 0.25) is 5.75 Å². The van der Waals surface area contributed by atoms with Crippen molar-refractivity contribution in [3.8, 4) is 17.2 Å².